The number of fused-ring (bicyclic) bond motifs is 2. The van der Waals surface area contributed by atoms with Gasteiger partial charge in [-0.1, -0.05) is 34.0 Å². The molecule has 5 aromatic rings. The van der Waals surface area contributed by atoms with Gasteiger partial charge in [-0.25, -0.2) is 68.5 Å². The van der Waals surface area contributed by atoms with Crippen molar-refractivity contribution in [3.05, 3.63) is 100 Å². The maximum Gasteiger partial charge on any atom is 0.275 e. The number of benzene rings is 2. The number of aliphatic hydroxyl groups is 1. The number of hydrogen-bond donors (Lipinski definition) is 3. The maximum absolute atomic E-state index is 14.8. The number of aliphatic hydroxyl groups excluding tert-OH is 1. The molecule has 0 bridgehead atoms. The predicted molar refractivity (Wildman–Crippen MR) is 276 cm³/mol. The van der Waals surface area contributed by atoms with E-state index in [2.05, 4.69) is 60.3 Å². The van der Waals surface area contributed by atoms with E-state index in [1.165, 1.54) is 17.3 Å². The third-order valence-electron chi connectivity index (χ3n) is 15.2. The SMILES string of the molecule is C.C[C@@H]1C[C@H](C(F)F)C[C@H]1Nc1ncnc2c1c(C(=O)N1C[C@@H](F)C[C@@H]1c1cc(F)ccc1F)nn2COCC[Si](C)(C)C.O=C(C1=NCc2ncnc(N[C@@H]3C[C@@H](C(F)F)C[C@H]3O)c21)N1C[C@@H](F)C[C@@H]1c1cc(F)ccc1F. The van der Waals surface area contributed by atoms with Gasteiger partial charge >= 0.3 is 0 Å². The van der Waals surface area contributed by atoms with Gasteiger partial charge in [0.25, 0.3) is 11.8 Å². The van der Waals surface area contributed by atoms with Crippen molar-refractivity contribution in [3.8, 4) is 0 Å². The predicted octanol–water partition coefficient (Wildman–Crippen LogP) is 10.3. The monoisotopic (exact) mass is 1140 g/mol. The molecule has 2 aromatic carbocycles. The van der Waals surface area contributed by atoms with Crippen LogP contribution in [0.15, 0.2) is 54.0 Å². The zero-order valence-electron chi connectivity index (χ0n) is 43.0. The van der Waals surface area contributed by atoms with Gasteiger partial charge in [-0.05, 0) is 74.0 Å². The number of anilines is 2. The minimum Gasteiger partial charge on any atom is -0.391 e. The molecule has 3 aromatic heterocycles. The number of carbonyl (C=O) groups excluding carboxylic acids is 2. The average Bonchev–Trinajstić information content (AvgIpc) is 4.35. The third kappa shape index (κ3) is 12.8. The van der Waals surface area contributed by atoms with E-state index in [4.69, 9.17) is 4.74 Å². The lowest BCUT2D eigenvalue weighted by Gasteiger charge is -2.26. The molecule has 6 heterocycles. The molecule has 4 fully saturated rings. The summed E-state index contributed by atoms with van der Waals surface area (Å²) in [6.07, 6.45) is -6.36. The Morgan fingerprint density at radius 3 is 1.89 bits per heavy atom. The molecule has 428 valence electrons. The van der Waals surface area contributed by atoms with Gasteiger partial charge in [-0.2, -0.15) is 5.10 Å². The van der Waals surface area contributed by atoms with Crippen LogP contribution in [0.4, 0.5) is 55.5 Å². The first-order valence-electron chi connectivity index (χ1n) is 25.8. The van der Waals surface area contributed by atoms with E-state index in [1.54, 1.807) is 0 Å². The van der Waals surface area contributed by atoms with Crippen molar-refractivity contribution in [3.63, 3.8) is 0 Å². The topological polar surface area (TPSA) is 176 Å². The number of rotatable bonds is 15. The molecular formula is C53H63F10N11O4Si. The number of hydrogen-bond acceptors (Lipinski definition) is 12. The lowest BCUT2D eigenvalue weighted by atomic mass is 10.0. The van der Waals surface area contributed by atoms with Gasteiger partial charge in [-0.15, -0.1) is 0 Å². The molecule has 3 aliphatic heterocycles. The van der Waals surface area contributed by atoms with Crippen molar-refractivity contribution in [1.82, 2.24) is 39.5 Å². The molecule has 2 saturated heterocycles. The van der Waals surface area contributed by atoms with Crippen LogP contribution in [-0.2, 0) is 22.8 Å². The minimum atomic E-state index is -2.57. The van der Waals surface area contributed by atoms with Crippen LogP contribution in [0.25, 0.3) is 11.0 Å². The molecule has 5 aliphatic rings. The van der Waals surface area contributed by atoms with E-state index >= 15 is 0 Å². The number of carbonyl (C=O) groups is 2. The molecule has 2 saturated carbocycles. The summed E-state index contributed by atoms with van der Waals surface area (Å²) < 4.78 is 147. The van der Waals surface area contributed by atoms with Gasteiger partial charge in [0.2, 0.25) is 12.9 Å². The van der Waals surface area contributed by atoms with Crippen LogP contribution in [0.3, 0.4) is 0 Å². The second-order valence-corrected chi connectivity index (χ2v) is 27.6. The van der Waals surface area contributed by atoms with Crippen molar-refractivity contribution in [2.45, 2.75) is 147 Å². The summed E-state index contributed by atoms with van der Waals surface area (Å²) in [5, 5.41) is 21.2. The fraction of sp³-hybridized carbons (Fsp3) is 0.547. The van der Waals surface area contributed by atoms with E-state index < -0.39 is 104 Å². The zero-order chi connectivity index (χ0) is 55.9. The van der Waals surface area contributed by atoms with Gasteiger partial charge in [-0.3, -0.25) is 14.6 Å². The number of alkyl halides is 6. The molecule has 0 unspecified atom stereocenters. The minimum absolute atomic E-state index is 0. The summed E-state index contributed by atoms with van der Waals surface area (Å²) in [6.45, 7) is 8.35. The number of aliphatic imine (C=N–C) groups is 1. The lowest BCUT2D eigenvalue weighted by molar-refractivity contribution is -0.125. The molecule has 10 rings (SSSR count). The van der Waals surface area contributed by atoms with Crippen molar-refractivity contribution in [2.75, 3.05) is 30.3 Å². The Balaban J connectivity index is 0.000000209. The quantitative estimate of drug-likeness (QED) is 0.0517. The van der Waals surface area contributed by atoms with Crippen molar-refractivity contribution < 1.29 is 63.3 Å². The second kappa shape index (κ2) is 24.2. The van der Waals surface area contributed by atoms with E-state index in [9.17, 15) is 58.6 Å². The Hall–Kier alpha value is -6.28. The van der Waals surface area contributed by atoms with Crippen molar-refractivity contribution >= 4 is 48.3 Å². The number of likely N-dealkylation sites (tertiary alicyclic amines) is 2. The van der Waals surface area contributed by atoms with Gasteiger partial charge in [0.1, 0.15) is 72.3 Å². The number of nitrogens with one attached hydrogen (secondary N) is 2. The van der Waals surface area contributed by atoms with Gasteiger partial charge < -0.3 is 30.3 Å². The highest BCUT2D eigenvalue weighted by Crippen LogP contribution is 2.42. The number of amides is 2. The second-order valence-electron chi connectivity index (χ2n) is 21.9. The normalized spacial score (nSPS) is 25.7. The Morgan fingerprint density at radius 2 is 1.30 bits per heavy atom. The summed E-state index contributed by atoms with van der Waals surface area (Å²) >= 11 is 0. The van der Waals surface area contributed by atoms with Gasteiger partial charge in [0, 0.05) is 56.5 Å². The Labute approximate surface area is 450 Å². The molecule has 10 atom stereocenters. The van der Waals surface area contributed by atoms with Crippen LogP contribution in [0, 0.1) is 41.0 Å². The molecule has 2 amide bonds. The Bertz CT molecular complexity index is 3040. The maximum atomic E-state index is 14.8. The molecule has 79 heavy (non-hydrogen) atoms. The first-order chi connectivity index (χ1) is 37.0. The van der Waals surface area contributed by atoms with Crippen LogP contribution in [0.5, 0.6) is 0 Å². The molecule has 3 N–H and O–H groups in total. The number of halogens is 10. The smallest absolute Gasteiger partial charge is 0.275 e. The highest BCUT2D eigenvalue weighted by atomic mass is 28.3. The van der Waals surface area contributed by atoms with Crippen LogP contribution in [-0.4, -0.2) is 133 Å². The summed E-state index contributed by atoms with van der Waals surface area (Å²) in [6, 6.07) is 3.43. The Kier molecular flexibility index (Phi) is 18.0. The van der Waals surface area contributed by atoms with Crippen LogP contribution < -0.4 is 10.6 Å². The zero-order valence-corrected chi connectivity index (χ0v) is 44.0. The molecule has 0 radical (unpaired) electrons. The number of aromatic nitrogens is 6. The van der Waals surface area contributed by atoms with E-state index in [0.29, 0.717) is 18.7 Å². The van der Waals surface area contributed by atoms with E-state index in [-0.39, 0.29) is 129 Å². The summed E-state index contributed by atoms with van der Waals surface area (Å²) in [5.41, 5.74) is 0.441. The summed E-state index contributed by atoms with van der Waals surface area (Å²) in [7, 11) is -1.38. The van der Waals surface area contributed by atoms with Crippen molar-refractivity contribution in [1.29, 1.82) is 0 Å². The van der Waals surface area contributed by atoms with Crippen molar-refractivity contribution in [2.24, 2.45) is 22.7 Å². The van der Waals surface area contributed by atoms with Crippen LogP contribution in [0.2, 0.25) is 25.7 Å². The highest BCUT2D eigenvalue weighted by molar-refractivity contribution is 6.76. The van der Waals surface area contributed by atoms with E-state index in [1.807, 2.05) is 6.92 Å². The van der Waals surface area contributed by atoms with Gasteiger partial charge in [0.05, 0.1) is 60.5 Å². The molecule has 15 nitrogen and oxygen atoms in total. The molecule has 0 spiro atoms. The first-order valence-corrected chi connectivity index (χ1v) is 29.5. The largest absolute Gasteiger partial charge is 0.391 e. The Morgan fingerprint density at radius 1 is 0.747 bits per heavy atom. The summed E-state index contributed by atoms with van der Waals surface area (Å²) in [4.78, 5) is 51.1. The summed E-state index contributed by atoms with van der Waals surface area (Å²) in [5.74, 6) is -5.78. The molecule has 2 aliphatic carbocycles. The highest BCUT2D eigenvalue weighted by Gasteiger charge is 2.45. The fourth-order valence-corrected chi connectivity index (χ4v) is 11.8. The first kappa shape index (κ1) is 58.9. The average molecular weight is 1140 g/mol. The standard InChI is InChI=1S/C29H37F5N6O2Si.C23H22F5N5O2.CH4/c1-16-9-17(26(33)34)10-22(16)37-27-24-25(38-40(28(24)36-14-35-27)15-42-7-8-43(2,3)4)29(41)39-13-19(31)12-23(39)20-11-18(30)5-6-21(20)32;24-11-1-2-14(26)13(5-11)17-6-12(25)8-33(17)23(35)20-19-16(7-29-20)30-9-31-22(19)32-15-3-10(21(27)28)4-18(15)34;/h5-6,11,14,16-17,19,22-23,26H,7-10,12-13,15H2,1-4H3,(H,35,36,37);1-2,5,9-10,12,15,17-18,21,34H,3-4,6-8H2,(H,30,31,32);1H4/t16-,17+,19+,22-,23-;10-,12+,15-,17-,18-;/m11./s1. The third-order valence-corrected chi connectivity index (χ3v) is 16.9. The fourth-order valence-electron chi connectivity index (χ4n) is 11.1. The van der Waals surface area contributed by atoms with Crippen LogP contribution >= 0.6 is 0 Å². The van der Waals surface area contributed by atoms with Crippen LogP contribution in [0.1, 0.15) is 97.8 Å². The van der Waals surface area contributed by atoms with Gasteiger partial charge in [0.15, 0.2) is 11.3 Å². The number of ether oxygens (including phenoxy) is 1. The lowest BCUT2D eigenvalue weighted by Crippen LogP contribution is -2.38. The van der Waals surface area contributed by atoms with E-state index in [0.717, 1.165) is 52.2 Å². The molecular weight excluding hydrogens is 1070 g/mol. The molecule has 26 heteroatoms. The number of nitrogens with zero attached hydrogens (tertiary/aromatic N) is 9.